The summed E-state index contributed by atoms with van der Waals surface area (Å²) in [5.41, 5.74) is 1.04. The Hall–Kier alpha value is -5.08. The first-order chi connectivity index (χ1) is 19.4. The van der Waals surface area contributed by atoms with Gasteiger partial charge in [0.2, 0.25) is 5.95 Å². The Labute approximate surface area is 226 Å². The fourth-order valence-corrected chi connectivity index (χ4v) is 3.44. The molecule has 0 aliphatic carbocycles. The molecule has 0 bridgehead atoms. The molecule has 0 aliphatic rings. The number of anilines is 4. The normalized spacial score (nSPS) is 12.2. The van der Waals surface area contributed by atoms with Gasteiger partial charge in [0, 0.05) is 22.9 Å². The molecule has 4 rings (SSSR count). The SMILES string of the molecule is Fc1cccc(C(F)(F)F)c1C=NNc1cc(Nc2ccccc2)nc(NN=Cc2c(F)cccc2C(F)(F)F)n1. The van der Waals surface area contributed by atoms with Crippen molar-refractivity contribution in [1.82, 2.24) is 9.97 Å². The van der Waals surface area contributed by atoms with E-state index in [1.54, 1.807) is 30.3 Å². The lowest BCUT2D eigenvalue weighted by molar-refractivity contribution is -0.138. The Morgan fingerprint density at radius 2 is 1.12 bits per heavy atom. The van der Waals surface area contributed by atoms with Gasteiger partial charge in [-0.05, 0) is 36.4 Å². The zero-order chi connectivity index (χ0) is 29.6. The van der Waals surface area contributed by atoms with E-state index < -0.39 is 46.2 Å². The van der Waals surface area contributed by atoms with Crippen molar-refractivity contribution in [3.8, 4) is 0 Å². The molecule has 212 valence electrons. The molecule has 3 aromatic carbocycles. The van der Waals surface area contributed by atoms with Crippen LogP contribution < -0.4 is 16.2 Å². The highest BCUT2D eigenvalue weighted by Crippen LogP contribution is 2.33. The first-order valence-electron chi connectivity index (χ1n) is 11.4. The van der Waals surface area contributed by atoms with Crippen LogP contribution in [0.4, 0.5) is 58.4 Å². The lowest BCUT2D eigenvalue weighted by Crippen LogP contribution is -2.11. The molecule has 0 radical (unpaired) electrons. The number of hydrogen-bond donors (Lipinski definition) is 3. The van der Waals surface area contributed by atoms with Crippen molar-refractivity contribution in [3.05, 3.63) is 107 Å². The van der Waals surface area contributed by atoms with Crippen LogP contribution in [0.25, 0.3) is 0 Å². The molecule has 1 heterocycles. The van der Waals surface area contributed by atoms with E-state index in [-0.39, 0.29) is 17.6 Å². The number of nitrogens with zero attached hydrogens (tertiary/aromatic N) is 4. The van der Waals surface area contributed by atoms with E-state index in [2.05, 4.69) is 36.3 Å². The van der Waals surface area contributed by atoms with Crippen LogP contribution in [-0.2, 0) is 12.4 Å². The zero-order valence-electron chi connectivity index (χ0n) is 20.4. The van der Waals surface area contributed by atoms with Crippen molar-refractivity contribution in [2.45, 2.75) is 12.4 Å². The summed E-state index contributed by atoms with van der Waals surface area (Å²) >= 11 is 0. The molecule has 0 spiro atoms. The van der Waals surface area contributed by atoms with Crippen molar-refractivity contribution in [3.63, 3.8) is 0 Å². The first kappa shape index (κ1) is 28.9. The van der Waals surface area contributed by atoms with Crippen LogP contribution in [0.5, 0.6) is 0 Å². The summed E-state index contributed by atoms with van der Waals surface area (Å²) in [4.78, 5) is 8.11. The van der Waals surface area contributed by atoms with E-state index in [0.717, 1.165) is 24.3 Å². The zero-order valence-corrected chi connectivity index (χ0v) is 20.4. The maximum absolute atomic E-state index is 14.1. The van der Waals surface area contributed by atoms with Gasteiger partial charge in [0.05, 0.1) is 23.6 Å². The Morgan fingerprint density at radius 3 is 1.66 bits per heavy atom. The molecule has 3 N–H and O–H groups in total. The fraction of sp³-hybridized carbons (Fsp3) is 0.0769. The van der Waals surface area contributed by atoms with Crippen LogP contribution in [-0.4, -0.2) is 22.4 Å². The van der Waals surface area contributed by atoms with Gasteiger partial charge < -0.3 is 5.32 Å². The number of nitrogens with one attached hydrogen (secondary N) is 3. The third-order valence-electron chi connectivity index (χ3n) is 5.22. The molecule has 0 amide bonds. The van der Waals surface area contributed by atoms with Crippen LogP contribution in [0, 0.1) is 11.6 Å². The summed E-state index contributed by atoms with van der Waals surface area (Å²) in [7, 11) is 0. The summed E-state index contributed by atoms with van der Waals surface area (Å²) in [6.07, 6.45) is -8.48. The Bertz CT molecular complexity index is 1480. The average Bonchev–Trinajstić information content (AvgIpc) is 2.90. The van der Waals surface area contributed by atoms with Crippen molar-refractivity contribution in [1.29, 1.82) is 0 Å². The van der Waals surface area contributed by atoms with E-state index in [9.17, 15) is 35.1 Å². The largest absolute Gasteiger partial charge is 0.417 e. The molecule has 0 saturated carbocycles. The van der Waals surface area contributed by atoms with Crippen LogP contribution in [0.3, 0.4) is 0 Å². The molecule has 15 heteroatoms. The quantitative estimate of drug-likeness (QED) is 0.115. The number of aromatic nitrogens is 2. The topological polar surface area (TPSA) is 86.6 Å². The molecule has 1 aromatic heterocycles. The smallest absolute Gasteiger partial charge is 0.340 e. The van der Waals surface area contributed by atoms with Crippen LogP contribution in [0.15, 0.2) is 83.0 Å². The number of hydrogen-bond acceptors (Lipinski definition) is 7. The third kappa shape index (κ3) is 7.52. The highest BCUT2D eigenvalue weighted by molar-refractivity contribution is 5.83. The maximum Gasteiger partial charge on any atom is 0.417 e. The molecule has 0 atom stereocenters. The lowest BCUT2D eigenvalue weighted by Gasteiger charge is -2.11. The second kappa shape index (κ2) is 12.0. The second-order valence-electron chi connectivity index (χ2n) is 8.09. The number of alkyl halides is 6. The molecule has 0 saturated heterocycles. The third-order valence-corrected chi connectivity index (χ3v) is 5.22. The molecule has 41 heavy (non-hydrogen) atoms. The Balaban J connectivity index is 1.63. The van der Waals surface area contributed by atoms with Gasteiger partial charge in [0.1, 0.15) is 17.5 Å². The fourth-order valence-electron chi connectivity index (χ4n) is 3.44. The summed E-state index contributed by atoms with van der Waals surface area (Å²) in [6, 6.07) is 14.7. The van der Waals surface area contributed by atoms with Crippen molar-refractivity contribution in [2.75, 3.05) is 16.2 Å². The standard InChI is InChI=1S/C26H17F8N7/c27-20-10-4-8-18(25(29,30)31)16(20)13-35-40-23-12-22(37-15-6-2-1-3-7-15)38-24(39-23)41-36-14-17-19(26(32,33)34)9-5-11-21(17)28/h1-14H,(H3,37,38,39,40,41). The van der Waals surface area contributed by atoms with Crippen LogP contribution >= 0.6 is 0 Å². The van der Waals surface area contributed by atoms with Crippen molar-refractivity contribution < 1.29 is 35.1 Å². The van der Waals surface area contributed by atoms with E-state index in [1.807, 2.05) is 0 Å². The molecule has 4 aromatic rings. The van der Waals surface area contributed by atoms with Gasteiger partial charge in [-0.25, -0.2) is 14.2 Å². The second-order valence-corrected chi connectivity index (χ2v) is 8.09. The summed E-state index contributed by atoms with van der Waals surface area (Å²) in [6.45, 7) is 0. The van der Waals surface area contributed by atoms with Crippen molar-refractivity contribution in [2.24, 2.45) is 10.2 Å². The maximum atomic E-state index is 14.1. The number of para-hydroxylation sites is 1. The highest BCUT2D eigenvalue weighted by atomic mass is 19.4. The number of rotatable bonds is 8. The summed E-state index contributed by atoms with van der Waals surface area (Å²) < 4.78 is 108. The average molecular weight is 579 g/mol. The summed E-state index contributed by atoms with van der Waals surface area (Å²) in [5.74, 6) is -2.67. The molecular weight excluding hydrogens is 562 g/mol. The molecule has 7 nitrogen and oxygen atoms in total. The monoisotopic (exact) mass is 579 g/mol. The first-order valence-corrected chi connectivity index (χ1v) is 11.4. The summed E-state index contributed by atoms with van der Waals surface area (Å²) in [5, 5.41) is 10.2. The lowest BCUT2D eigenvalue weighted by atomic mass is 10.1. The van der Waals surface area contributed by atoms with Gasteiger partial charge in [-0.15, -0.1) is 0 Å². The van der Waals surface area contributed by atoms with Gasteiger partial charge in [-0.3, -0.25) is 5.43 Å². The van der Waals surface area contributed by atoms with E-state index in [4.69, 9.17) is 0 Å². The van der Waals surface area contributed by atoms with Crippen LogP contribution in [0.1, 0.15) is 22.3 Å². The van der Waals surface area contributed by atoms with E-state index in [1.165, 1.54) is 6.07 Å². The van der Waals surface area contributed by atoms with Gasteiger partial charge in [0.25, 0.3) is 0 Å². The minimum absolute atomic E-state index is 0.102. The molecule has 0 aliphatic heterocycles. The van der Waals surface area contributed by atoms with Crippen molar-refractivity contribution >= 4 is 35.7 Å². The van der Waals surface area contributed by atoms with Gasteiger partial charge in [-0.2, -0.15) is 46.5 Å². The van der Waals surface area contributed by atoms with Gasteiger partial charge in [0.15, 0.2) is 5.82 Å². The predicted octanol–water partition coefficient (Wildman–Crippen LogP) is 7.43. The number of halogens is 8. The molecule has 0 unspecified atom stereocenters. The number of benzene rings is 3. The van der Waals surface area contributed by atoms with E-state index in [0.29, 0.717) is 30.2 Å². The minimum atomic E-state index is -4.85. The minimum Gasteiger partial charge on any atom is -0.340 e. The number of hydrazone groups is 2. The molecule has 0 fully saturated rings. The van der Waals surface area contributed by atoms with Gasteiger partial charge >= 0.3 is 12.4 Å². The Kier molecular flexibility index (Phi) is 8.45. The predicted molar refractivity (Wildman–Crippen MR) is 137 cm³/mol. The van der Waals surface area contributed by atoms with Gasteiger partial charge in [-0.1, -0.05) is 30.3 Å². The molecular formula is C26H17F8N7. The Morgan fingerprint density at radius 1 is 0.610 bits per heavy atom. The highest BCUT2D eigenvalue weighted by Gasteiger charge is 2.35. The van der Waals surface area contributed by atoms with E-state index >= 15 is 0 Å². The van der Waals surface area contributed by atoms with Crippen LogP contribution in [0.2, 0.25) is 0 Å².